The molecule has 0 saturated heterocycles. The molecule has 0 fully saturated rings. The summed E-state index contributed by atoms with van der Waals surface area (Å²) < 4.78 is -1.41. The van der Waals surface area contributed by atoms with Gasteiger partial charge in [0.25, 0.3) is 0 Å². The average molecular weight is 187 g/mol. The second kappa shape index (κ2) is 5.19. The van der Waals surface area contributed by atoms with E-state index in [0.717, 1.165) is 19.3 Å². The molecule has 0 unspecified atom stereocenters. The quantitative estimate of drug-likeness (QED) is 0.310. The van der Waals surface area contributed by atoms with Gasteiger partial charge in [-0.25, -0.2) is 5.26 Å². The smallest absolute Gasteiger partial charge is 0.249 e. The van der Waals surface area contributed by atoms with Crippen LogP contribution in [0.3, 0.4) is 0 Å². The molecule has 2 nitrogen and oxygen atoms in total. The second-order valence-electron chi connectivity index (χ2n) is 2.19. The third kappa shape index (κ3) is 5.30. The van der Waals surface area contributed by atoms with Crippen LogP contribution in [0.2, 0.25) is 0 Å². The molecule has 4 heteroatoms. The number of halogens is 2. The summed E-state index contributed by atoms with van der Waals surface area (Å²) >= 11 is 10.9. The minimum atomic E-state index is -1.41. The predicted molar refractivity (Wildman–Crippen MR) is 42.3 cm³/mol. The first kappa shape index (κ1) is 10.5. The maximum Gasteiger partial charge on any atom is 0.249 e. The van der Waals surface area contributed by atoms with E-state index in [1.807, 2.05) is 0 Å². The van der Waals surface area contributed by atoms with Crippen LogP contribution < -0.4 is 0 Å². The normalized spacial score (nSPS) is 12.0. The van der Waals surface area contributed by atoms with Gasteiger partial charge in [-0.1, -0.05) is 43.0 Å². The van der Waals surface area contributed by atoms with E-state index < -0.39 is 4.52 Å². The van der Waals surface area contributed by atoms with Crippen molar-refractivity contribution in [2.75, 3.05) is 0 Å². The lowest BCUT2D eigenvalue weighted by Gasteiger charge is -2.13. The minimum absolute atomic E-state index is 0.459. The molecule has 0 atom stereocenters. The molecule has 0 rings (SSSR count). The largest absolute Gasteiger partial charge is 0.249 e. The molecule has 62 valence electrons. The van der Waals surface area contributed by atoms with E-state index in [4.69, 9.17) is 28.5 Å². The number of hydrogen-bond acceptors (Lipinski definition) is 2. The van der Waals surface area contributed by atoms with Crippen molar-refractivity contribution in [1.29, 1.82) is 0 Å². The maximum atomic E-state index is 8.13. The Morgan fingerprint density at radius 1 is 1.40 bits per heavy atom. The number of alkyl halides is 2. The second-order valence-corrected chi connectivity index (χ2v) is 3.60. The molecule has 0 aromatic heterocycles. The van der Waals surface area contributed by atoms with Crippen LogP contribution in [0.15, 0.2) is 0 Å². The molecule has 0 aromatic rings. The van der Waals surface area contributed by atoms with Gasteiger partial charge in [-0.15, -0.1) is 0 Å². The molecule has 0 spiro atoms. The van der Waals surface area contributed by atoms with Crippen LogP contribution in [0, 0.1) is 0 Å². The van der Waals surface area contributed by atoms with Gasteiger partial charge in [0.05, 0.1) is 0 Å². The SMILES string of the molecule is CCCCCC(Cl)(Cl)OO. The van der Waals surface area contributed by atoms with Crippen molar-refractivity contribution in [3.8, 4) is 0 Å². The average Bonchev–Trinajstić information content (AvgIpc) is 1.89. The molecular weight excluding hydrogens is 175 g/mol. The van der Waals surface area contributed by atoms with Gasteiger partial charge >= 0.3 is 0 Å². The third-order valence-corrected chi connectivity index (χ3v) is 1.72. The van der Waals surface area contributed by atoms with Crippen molar-refractivity contribution in [3.05, 3.63) is 0 Å². The first-order valence-electron chi connectivity index (χ1n) is 3.33. The highest BCUT2D eigenvalue weighted by Crippen LogP contribution is 2.27. The Balaban J connectivity index is 3.28. The van der Waals surface area contributed by atoms with Crippen LogP contribution in [0.4, 0.5) is 0 Å². The molecule has 0 aliphatic rings. The summed E-state index contributed by atoms with van der Waals surface area (Å²) in [6, 6.07) is 0. The van der Waals surface area contributed by atoms with Gasteiger partial charge in [-0.3, -0.25) is 0 Å². The zero-order chi connectivity index (χ0) is 8.04. The van der Waals surface area contributed by atoms with Crippen LogP contribution in [0.5, 0.6) is 0 Å². The standard InChI is InChI=1S/C6H12Cl2O2/c1-2-3-4-5-6(7,8)10-9/h9H,2-5H2,1H3. The highest BCUT2D eigenvalue weighted by Gasteiger charge is 2.23. The lowest BCUT2D eigenvalue weighted by atomic mass is 10.2. The molecule has 0 radical (unpaired) electrons. The fourth-order valence-electron chi connectivity index (χ4n) is 0.626. The molecular formula is C6H12Cl2O2. The molecule has 0 amide bonds. The van der Waals surface area contributed by atoms with Gasteiger partial charge < -0.3 is 0 Å². The fourth-order valence-corrected chi connectivity index (χ4v) is 0.894. The third-order valence-electron chi connectivity index (χ3n) is 1.20. The van der Waals surface area contributed by atoms with E-state index in [1.54, 1.807) is 0 Å². The van der Waals surface area contributed by atoms with Crippen LogP contribution in [0.1, 0.15) is 32.6 Å². The topological polar surface area (TPSA) is 29.5 Å². The lowest BCUT2D eigenvalue weighted by Crippen LogP contribution is -2.14. The Morgan fingerprint density at radius 2 is 2.00 bits per heavy atom. The van der Waals surface area contributed by atoms with Crippen LogP contribution in [-0.4, -0.2) is 9.78 Å². The van der Waals surface area contributed by atoms with Gasteiger partial charge in [-0.05, 0) is 6.42 Å². The van der Waals surface area contributed by atoms with Crippen LogP contribution in [0.25, 0.3) is 0 Å². The summed E-state index contributed by atoms with van der Waals surface area (Å²) in [7, 11) is 0. The summed E-state index contributed by atoms with van der Waals surface area (Å²) in [6.45, 7) is 2.07. The highest BCUT2D eigenvalue weighted by atomic mass is 35.5. The number of rotatable bonds is 5. The molecule has 0 heterocycles. The maximum absolute atomic E-state index is 8.13. The van der Waals surface area contributed by atoms with E-state index >= 15 is 0 Å². The molecule has 1 N–H and O–H groups in total. The van der Waals surface area contributed by atoms with E-state index in [-0.39, 0.29) is 0 Å². The summed E-state index contributed by atoms with van der Waals surface area (Å²) in [4.78, 5) is 3.82. The van der Waals surface area contributed by atoms with Crippen LogP contribution >= 0.6 is 23.2 Å². The Bertz CT molecular complexity index is 85.8. The highest BCUT2D eigenvalue weighted by molar-refractivity contribution is 6.47. The molecule has 0 aromatic carbocycles. The predicted octanol–water partition coefficient (Wildman–Crippen LogP) is 3.19. The first-order chi connectivity index (χ1) is 4.62. The van der Waals surface area contributed by atoms with Crippen molar-refractivity contribution in [2.24, 2.45) is 0 Å². The zero-order valence-corrected chi connectivity index (χ0v) is 7.45. The van der Waals surface area contributed by atoms with Gasteiger partial charge in [0, 0.05) is 6.42 Å². The Morgan fingerprint density at radius 3 is 2.40 bits per heavy atom. The van der Waals surface area contributed by atoms with Crippen molar-refractivity contribution in [3.63, 3.8) is 0 Å². The van der Waals surface area contributed by atoms with Crippen LogP contribution in [-0.2, 0) is 4.89 Å². The van der Waals surface area contributed by atoms with Gasteiger partial charge in [0.1, 0.15) is 0 Å². The van der Waals surface area contributed by atoms with Crippen molar-refractivity contribution >= 4 is 23.2 Å². The van der Waals surface area contributed by atoms with E-state index in [0.29, 0.717) is 6.42 Å². The first-order valence-corrected chi connectivity index (χ1v) is 4.08. The fraction of sp³-hybridized carbons (Fsp3) is 1.00. The summed E-state index contributed by atoms with van der Waals surface area (Å²) in [6.07, 6.45) is 3.46. The van der Waals surface area contributed by atoms with Crippen molar-refractivity contribution in [2.45, 2.75) is 37.1 Å². The number of unbranched alkanes of at least 4 members (excludes halogenated alkanes) is 2. The van der Waals surface area contributed by atoms with Crippen molar-refractivity contribution < 1.29 is 10.1 Å². The molecule has 0 bridgehead atoms. The molecule has 0 saturated carbocycles. The summed E-state index contributed by atoms with van der Waals surface area (Å²) in [5.41, 5.74) is 0. The molecule has 0 aliphatic heterocycles. The Labute approximate surface area is 71.0 Å². The zero-order valence-electron chi connectivity index (χ0n) is 5.94. The summed E-state index contributed by atoms with van der Waals surface area (Å²) in [5, 5.41) is 8.13. The lowest BCUT2D eigenvalue weighted by molar-refractivity contribution is -0.271. The Hall–Kier alpha value is 0.500. The minimum Gasteiger partial charge on any atom is -0.249 e. The van der Waals surface area contributed by atoms with E-state index in [1.165, 1.54) is 0 Å². The Kier molecular flexibility index (Phi) is 5.45. The van der Waals surface area contributed by atoms with Gasteiger partial charge in [-0.2, -0.15) is 4.89 Å². The monoisotopic (exact) mass is 186 g/mol. The molecule has 0 aliphatic carbocycles. The van der Waals surface area contributed by atoms with Gasteiger partial charge in [0.2, 0.25) is 4.52 Å². The summed E-state index contributed by atoms with van der Waals surface area (Å²) in [5.74, 6) is 0. The van der Waals surface area contributed by atoms with E-state index in [2.05, 4.69) is 11.8 Å². The van der Waals surface area contributed by atoms with Gasteiger partial charge in [0.15, 0.2) is 0 Å². The van der Waals surface area contributed by atoms with E-state index in [9.17, 15) is 0 Å². The number of hydrogen-bond donors (Lipinski definition) is 1. The molecule has 10 heavy (non-hydrogen) atoms. The van der Waals surface area contributed by atoms with Crippen molar-refractivity contribution in [1.82, 2.24) is 0 Å².